The lowest BCUT2D eigenvalue weighted by Gasteiger charge is -2.10. The second-order valence-corrected chi connectivity index (χ2v) is 7.29. The van der Waals surface area contributed by atoms with E-state index in [1.165, 1.54) is 11.3 Å². The second-order valence-electron chi connectivity index (χ2n) is 5.32. The van der Waals surface area contributed by atoms with Crippen LogP contribution in [0.25, 0.3) is 0 Å². The van der Waals surface area contributed by atoms with Crippen LogP contribution in [0.4, 0.5) is 5.13 Å². The molecular formula is C19H19N3O2S2. The fourth-order valence-electron chi connectivity index (χ4n) is 2.25. The van der Waals surface area contributed by atoms with Crippen molar-refractivity contribution in [2.45, 2.75) is 16.7 Å². The third-order valence-electron chi connectivity index (χ3n) is 3.48. The molecule has 0 atom stereocenters. The quantitative estimate of drug-likeness (QED) is 0.455. The van der Waals surface area contributed by atoms with Gasteiger partial charge in [-0.15, -0.1) is 11.3 Å². The molecule has 0 aliphatic heterocycles. The van der Waals surface area contributed by atoms with E-state index in [2.05, 4.69) is 21.6 Å². The Morgan fingerprint density at radius 3 is 2.65 bits per heavy atom. The van der Waals surface area contributed by atoms with Gasteiger partial charge < -0.3 is 9.47 Å². The average Bonchev–Trinajstić information content (AvgIpc) is 3.08. The van der Waals surface area contributed by atoms with E-state index in [0.717, 1.165) is 31.9 Å². The number of hydrogen-bond donors (Lipinski definition) is 1. The first kappa shape index (κ1) is 18.3. The molecule has 0 unspecified atom stereocenters. The number of rotatable bonds is 7. The standard InChI is InChI=1S/C19H19N3O2S2/c1-13-12-25-19(21-13)22-20-11-14-6-4-5-7-18(14)26-15-8-9-16(23-2)17(10-15)24-3/h4-12H,1-3H3,(H,21,22). The van der Waals surface area contributed by atoms with Crippen molar-refractivity contribution in [3.63, 3.8) is 0 Å². The second kappa shape index (κ2) is 8.73. The lowest BCUT2D eigenvalue weighted by atomic mass is 10.2. The minimum absolute atomic E-state index is 0.712. The molecule has 0 fully saturated rings. The highest BCUT2D eigenvalue weighted by molar-refractivity contribution is 7.99. The monoisotopic (exact) mass is 385 g/mol. The van der Waals surface area contributed by atoms with E-state index in [1.807, 2.05) is 48.7 Å². The molecule has 1 heterocycles. The van der Waals surface area contributed by atoms with Gasteiger partial charge in [0.15, 0.2) is 11.5 Å². The van der Waals surface area contributed by atoms with Crippen molar-refractivity contribution < 1.29 is 9.47 Å². The molecule has 2 aromatic carbocycles. The SMILES string of the molecule is COc1ccc(Sc2ccccc2C=NNc2nc(C)cs2)cc1OC. The van der Waals surface area contributed by atoms with Crippen LogP contribution < -0.4 is 14.9 Å². The number of nitrogens with one attached hydrogen (secondary N) is 1. The highest BCUT2D eigenvalue weighted by Crippen LogP contribution is 2.36. The van der Waals surface area contributed by atoms with Crippen molar-refractivity contribution in [1.82, 2.24) is 4.98 Å². The first-order valence-electron chi connectivity index (χ1n) is 7.89. The number of aromatic nitrogens is 1. The molecule has 0 aliphatic carbocycles. The number of ether oxygens (including phenoxy) is 2. The zero-order valence-corrected chi connectivity index (χ0v) is 16.4. The highest BCUT2D eigenvalue weighted by Gasteiger charge is 2.07. The van der Waals surface area contributed by atoms with Crippen molar-refractivity contribution >= 4 is 34.4 Å². The summed E-state index contributed by atoms with van der Waals surface area (Å²) >= 11 is 3.18. The molecular weight excluding hydrogens is 366 g/mol. The molecule has 0 bridgehead atoms. The number of methoxy groups -OCH3 is 2. The van der Waals surface area contributed by atoms with Crippen LogP contribution in [0.3, 0.4) is 0 Å². The summed E-state index contributed by atoms with van der Waals surface area (Å²) in [6, 6.07) is 14.0. The Kier molecular flexibility index (Phi) is 6.14. The van der Waals surface area contributed by atoms with E-state index in [9.17, 15) is 0 Å². The third kappa shape index (κ3) is 4.56. The predicted octanol–water partition coefficient (Wildman–Crippen LogP) is 5.07. The van der Waals surface area contributed by atoms with Crippen LogP contribution in [0, 0.1) is 6.92 Å². The molecule has 1 aromatic heterocycles. The first-order valence-corrected chi connectivity index (χ1v) is 9.59. The molecule has 0 aliphatic rings. The van der Waals surface area contributed by atoms with Gasteiger partial charge >= 0.3 is 0 Å². The molecule has 0 saturated heterocycles. The van der Waals surface area contributed by atoms with E-state index in [1.54, 1.807) is 32.2 Å². The molecule has 0 saturated carbocycles. The Hall–Kier alpha value is -2.51. The topological polar surface area (TPSA) is 55.7 Å². The van der Waals surface area contributed by atoms with Gasteiger partial charge in [0.25, 0.3) is 0 Å². The molecule has 0 amide bonds. The maximum atomic E-state index is 5.38. The zero-order chi connectivity index (χ0) is 18.4. The predicted molar refractivity (Wildman–Crippen MR) is 108 cm³/mol. The molecule has 7 heteroatoms. The van der Waals surface area contributed by atoms with Crippen LogP contribution in [0.15, 0.2) is 62.7 Å². The fraction of sp³-hybridized carbons (Fsp3) is 0.158. The summed E-state index contributed by atoms with van der Waals surface area (Å²) in [5.74, 6) is 1.43. The Balaban J connectivity index is 1.76. The Bertz CT molecular complexity index is 909. The molecule has 5 nitrogen and oxygen atoms in total. The summed E-state index contributed by atoms with van der Waals surface area (Å²) in [4.78, 5) is 6.49. The number of nitrogens with zero attached hydrogens (tertiary/aromatic N) is 2. The first-order chi connectivity index (χ1) is 12.7. The Morgan fingerprint density at radius 1 is 1.12 bits per heavy atom. The van der Waals surface area contributed by atoms with Gasteiger partial charge in [0.2, 0.25) is 5.13 Å². The lowest BCUT2D eigenvalue weighted by Crippen LogP contribution is -1.92. The van der Waals surface area contributed by atoms with Crippen LogP contribution in [0.1, 0.15) is 11.3 Å². The van der Waals surface area contributed by atoms with E-state index >= 15 is 0 Å². The maximum Gasteiger partial charge on any atom is 0.203 e. The van der Waals surface area contributed by atoms with Gasteiger partial charge in [0, 0.05) is 20.7 Å². The summed E-state index contributed by atoms with van der Waals surface area (Å²) < 4.78 is 10.7. The van der Waals surface area contributed by atoms with Gasteiger partial charge in [0.05, 0.1) is 26.1 Å². The zero-order valence-electron chi connectivity index (χ0n) is 14.7. The van der Waals surface area contributed by atoms with E-state index in [0.29, 0.717) is 5.75 Å². The van der Waals surface area contributed by atoms with Crippen LogP contribution in [-0.2, 0) is 0 Å². The summed E-state index contributed by atoms with van der Waals surface area (Å²) in [7, 11) is 3.27. The Morgan fingerprint density at radius 2 is 1.92 bits per heavy atom. The molecule has 0 spiro atoms. The van der Waals surface area contributed by atoms with Crippen LogP contribution in [0.5, 0.6) is 11.5 Å². The van der Waals surface area contributed by atoms with Crippen molar-refractivity contribution in [1.29, 1.82) is 0 Å². The minimum atomic E-state index is 0.712. The molecule has 1 N–H and O–H groups in total. The summed E-state index contributed by atoms with van der Waals surface area (Å²) in [5, 5.41) is 7.07. The van der Waals surface area contributed by atoms with E-state index in [4.69, 9.17) is 9.47 Å². The van der Waals surface area contributed by atoms with Gasteiger partial charge in [-0.3, -0.25) is 5.43 Å². The summed E-state index contributed by atoms with van der Waals surface area (Å²) in [6.45, 7) is 1.96. The number of hydrazone groups is 1. The van der Waals surface area contributed by atoms with Crippen molar-refractivity contribution in [2.24, 2.45) is 5.10 Å². The molecule has 0 radical (unpaired) electrons. The highest BCUT2D eigenvalue weighted by atomic mass is 32.2. The number of anilines is 1. The van der Waals surface area contributed by atoms with Crippen molar-refractivity contribution in [2.75, 3.05) is 19.6 Å². The van der Waals surface area contributed by atoms with E-state index < -0.39 is 0 Å². The van der Waals surface area contributed by atoms with Gasteiger partial charge in [-0.25, -0.2) is 4.98 Å². The lowest BCUT2D eigenvalue weighted by molar-refractivity contribution is 0.354. The van der Waals surface area contributed by atoms with Crippen LogP contribution >= 0.6 is 23.1 Å². The number of benzene rings is 2. The molecule has 134 valence electrons. The fourth-order valence-corrected chi connectivity index (χ4v) is 3.83. The van der Waals surface area contributed by atoms with Crippen molar-refractivity contribution in [3.8, 4) is 11.5 Å². The Labute approximate surface area is 161 Å². The number of aryl methyl sites for hydroxylation is 1. The largest absolute Gasteiger partial charge is 0.493 e. The van der Waals surface area contributed by atoms with Gasteiger partial charge in [0.1, 0.15) is 0 Å². The smallest absolute Gasteiger partial charge is 0.203 e. The summed E-state index contributed by atoms with van der Waals surface area (Å²) in [6.07, 6.45) is 1.81. The molecule has 26 heavy (non-hydrogen) atoms. The van der Waals surface area contributed by atoms with Gasteiger partial charge in [-0.2, -0.15) is 5.10 Å². The molecule has 3 rings (SSSR count). The van der Waals surface area contributed by atoms with E-state index in [-0.39, 0.29) is 0 Å². The summed E-state index contributed by atoms with van der Waals surface area (Å²) in [5.41, 5.74) is 4.97. The van der Waals surface area contributed by atoms with Crippen LogP contribution in [-0.4, -0.2) is 25.4 Å². The molecule has 3 aromatic rings. The van der Waals surface area contributed by atoms with Crippen LogP contribution in [0.2, 0.25) is 0 Å². The number of hydrogen-bond acceptors (Lipinski definition) is 7. The maximum absolute atomic E-state index is 5.38. The van der Waals surface area contributed by atoms with Gasteiger partial charge in [-0.1, -0.05) is 30.0 Å². The van der Waals surface area contributed by atoms with Crippen molar-refractivity contribution in [3.05, 3.63) is 59.1 Å². The van der Waals surface area contributed by atoms with Gasteiger partial charge in [-0.05, 0) is 31.2 Å². The third-order valence-corrected chi connectivity index (χ3v) is 5.43. The number of thiazole rings is 1. The normalized spacial score (nSPS) is 10.9. The average molecular weight is 386 g/mol. The minimum Gasteiger partial charge on any atom is -0.493 e.